The molecule has 2 aromatic rings. The number of benzene rings is 1. The number of nitrogens with zero attached hydrogens (tertiary/aromatic N) is 3. The first kappa shape index (κ1) is 12.5. The molecule has 1 aromatic heterocycles. The molecule has 1 saturated heterocycles. The molecule has 7 heteroatoms. The first-order valence-electron chi connectivity index (χ1n) is 6.72. The quantitative estimate of drug-likeness (QED) is 0.944. The largest absolute Gasteiger partial charge is 0.308 e. The minimum atomic E-state index is -0.0829. The van der Waals surface area contributed by atoms with Gasteiger partial charge >= 0.3 is 0 Å². The van der Waals surface area contributed by atoms with E-state index < -0.39 is 0 Å². The van der Waals surface area contributed by atoms with Crippen LogP contribution in [0.5, 0.6) is 0 Å². The van der Waals surface area contributed by atoms with Crippen molar-refractivity contribution in [2.45, 2.75) is 31.3 Å². The molecule has 1 saturated carbocycles. The lowest BCUT2D eigenvalue weighted by molar-refractivity contribution is -0.118. The number of amides is 1. The molecule has 5 nitrogen and oxygen atoms in total. The van der Waals surface area contributed by atoms with Crippen LogP contribution in [0.4, 0.5) is 5.69 Å². The fraction of sp³-hybridized carbons (Fsp3) is 0.462. The average Bonchev–Trinajstić information content (AvgIpc) is 3.01. The lowest BCUT2D eigenvalue weighted by Crippen LogP contribution is -2.39. The molecule has 4 rings (SSSR count). The number of hydrogen-bond donors (Lipinski definition) is 1. The number of aromatic nitrogens is 2. The molecule has 0 bridgehead atoms. The van der Waals surface area contributed by atoms with Gasteiger partial charge in [0, 0.05) is 12.6 Å². The molecule has 1 aromatic carbocycles. The van der Waals surface area contributed by atoms with Gasteiger partial charge in [-0.1, -0.05) is 11.6 Å². The zero-order valence-electron chi connectivity index (χ0n) is 10.7. The normalized spacial score (nSPS) is 22.9. The minimum absolute atomic E-state index is 0.0829. The average molecular weight is 309 g/mol. The van der Waals surface area contributed by atoms with Crippen LogP contribution >= 0.6 is 23.3 Å². The topological polar surface area (TPSA) is 58.1 Å². The fourth-order valence-corrected chi connectivity index (χ4v) is 3.45. The monoisotopic (exact) mass is 308 g/mol. The Bertz CT molecular complexity index is 684. The molecular weight excluding hydrogens is 296 g/mol. The fourth-order valence-electron chi connectivity index (χ4n) is 2.66. The molecule has 1 unspecified atom stereocenters. The van der Waals surface area contributed by atoms with Crippen LogP contribution in [0.1, 0.15) is 19.3 Å². The van der Waals surface area contributed by atoms with E-state index in [9.17, 15) is 4.79 Å². The van der Waals surface area contributed by atoms with Crippen molar-refractivity contribution in [1.29, 1.82) is 0 Å². The molecule has 1 aliphatic carbocycles. The number of carbonyl (C=O) groups excluding carboxylic acids is 1. The summed E-state index contributed by atoms with van der Waals surface area (Å²) in [6.07, 6.45) is 3.17. The molecule has 0 radical (unpaired) electrons. The van der Waals surface area contributed by atoms with E-state index >= 15 is 0 Å². The molecule has 2 fully saturated rings. The molecule has 20 heavy (non-hydrogen) atoms. The summed E-state index contributed by atoms with van der Waals surface area (Å²) in [5, 5.41) is 3.96. The third-order valence-corrected chi connectivity index (χ3v) is 4.69. The maximum Gasteiger partial charge on any atom is 0.244 e. The number of hydrogen-bond acceptors (Lipinski definition) is 5. The van der Waals surface area contributed by atoms with Gasteiger partial charge in [0.25, 0.3) is 0 Å². The van der Waals surface area contributed by atoms with Crippen molar-refractivity contribution in [2.24, 2.45) is 0 Å². The van der Waals surface area contributed by atoms with Crippen LogP contribution in [-0.2, 0) is 4.79 Å². The van der Waals surface area contributed by atoms with Crippen LogP contribution in [0.2, 0.25) is 5.02 Å². The Hall–Kier alpha value is -1.24. The van der Waals surface area contributed by atoms with Gasteiger partial charge in [-0.15, -0.1) is 0 Å². The van der Waals surface area contributed by atoms with Crippen molar-refractivity contribution in [2.75, 3.05) is 11.4 Å². The molecule has 2 aliphatic rings. The summed E-state index contributed by atoms with van der Waals surface area (Å²) in [6.45, 7) is 0.680. The second-order valence-electron chi connectivity index (χ2n) is 5.30. The van der Waals surface area contributed by atoms with Gasteiger partial charge in [0.1, 0.15) is 11.0 Å². The van der Waals surface area contributed by atoms with Crippen molar-refractivity contribution in [3.8, 4) is 0 Å². The highest BCUT2D eigenvalue weighted by Crippen LogP contribution is 2.36. The number of carbonyl (C=O) groups is 1. The van der Waals surface area contributed by atoms with E-state index in [1.165, 1.54) is 12.8 Å². The van der Waals surface area contributed by atoms with Crippen molar-refractivity contribution in [3.63, 3.8) is 0 Å². The number of nitrogens with one attached hydrogen (secondary N) is 1. The lowest BCUT2D eigenvalue weighted by Gasteiger charge is -2.18. The van der Waals surface area contributed by atoms with Crippen molar-refractivity contribution >= 4 is 46.0 Å². The van der Waals surface area contributed by atoms with Gasteiger partial charge in [0.15, 0.2) is 0 Å². The number of anilines is 1. The number of rotatable bonds is 3. The van der Waals surface area contributed by atoms with Crippen LogP contribution in [0.3, 0.4) is 0 Å². The zero-order valence-corrected chi connectivity index (χ0v) is 12.2. The van der Waals surface area contributed by atoms with Gasteiger partial charge in [-0.3, -0.25) is 4.79 Å². The summed E-state index contributed by atoms with van der Waals surface area (Å²) < 4.78 is 8.50. The molecule has 2 heterocycles. The third kappa shape index (κ3) is 1.99. The van der Waals surface area contributed by atoms with E-state index in [-0.39, 0.29) is 11.9 Å². The maximum absolute atomic E-state index is 12.5. The van der Waals surface area contributed by atoms with Gasteiger partial charge in [-0.05, 0) is 31.4 Å². The minimum Gasteiger partial charge on any atom is -0.308 e. The molecule has 1 aliphatic heterocycles. The second kappa shape index (κ2) is 4.65. The van der Waals surface area contributed by atoms with Gasteiger partial charge in [-0.2, -0.15) is 8.75 Å². The van der Waals surface area contributed by atoms with Crippen LogP contribution in [-0.4, -0.2) is 33.3 Å². The molecule has 1 N–H and O–H groups in total. The van der Waals surface area contributed by atoms with Crippen molar-refractivity contribution in [3.05, 3.63) is 17.2 Å². The Balaban J connectivity index is 1.70. The van der Waals surface area contributed by atoms with E-state index in [1.807, 2.05) is 6.07 Å². The second-order valence-corrected chi connectivity index (χ2v) is 6.24. The number of fused-ring (bicyclic) bond motifs is 1. The van der Waals surface area contributed by atoms with Crippen LogP contribution in [0.25, 0.3) is 11.0 Å². The van der Waals surface area contributed by atoms with Gasteiger partial charge < -0.3 is 10.2 Å². The van der Waals surface area contributed by atoms with E-state index in [4.69, 9.17) is 11.6 Å². The number of halogens is 1. The summed E-state index contributed by atoms with van der Waals surface area (Å²) in [4.78, 5) is 14.3. The van der Waals surface area contributed by atoms with E-state index in [0.29, 0.717) is 23.3 Å². The summed E-state index contributed by atoms with van der Waals surface area (Å²) >= 11 is 7.44. The van der Waals surface area contributed by atoms with Crippen LogP contribution < -0.4 is 10.2 Å². The SMILES string of the molecule is O=C1C(NC2CC2)CCN1c1c(Cl)ccc2nsnc12. The van der Waals surface area contributed by atoms with Crippen molar-refractivity contribution < 1.29 is 4.79 Å². The summed E-state index contributed by atoms with van der Waals surface area (Å²) in [5.41, 5.74) is 2.23. The molecule has 0 spiro atoms. The molecule has 1 amide bonds. The zero-order chi connectivity index (χ0) is 13.7. The lowest BCUT2D eigenvalue weighted by atomic mass is 10.2. The predicted octanol–water partition coefficient (Wildman–Crippen LogP) is 2.20. The summed E-state index contributed by atoms with van der Waals surface area (Å²) in [5.74, 6) is 0.0966. The molecular formula is C13H13ClN4OS. The highest BCUT2D eigenvalue weighted by Gasteiger charge is 2.37. The predicted molar refractivity (Wildman–Crippen MR) is 79.3 cm³/mol. The Morgan fingerprint density at radius 3 is 2.95 bits per heavy atom. The third-order valence-electron chi connectivity index (χ3n) is 3.84. The van der Waals surface area contributed by atoms with E-state index in [0.717, 1.165) is 29.2 Å². The van der Waals surface area contributed by atoms with Crippen molar-refractivity contribution in [1.82, 2.24) is 14.1 Å². The van der Waals surface area contributed by atoms with Crippen LogP contribution in [0, 0.1) is 0 Å². The highest BCUT2D eigenvalue weighted by molar-refractivity contribution is 7.00. The Kier molecular flexibility index (Phi) is 2.90. The molecule has 1 atom stereocenters. The Labute approximate surface area is 125 Å². The van der Waals surface area contributed by atoms with Gasteiger partial charge in [-0.25, -0.2) is 0 Å². The van der Waals surface area contributed by atoms with Gasteiger partial charge in [0.05, 0.1) is 28.5 Å². The smallest absolute Gasteiger partial charge is 0.244 e. The first-order valence-corrected chi connectivity index (χ1v) is 7.83. The first-order chi connectivity index (χ1) is 9.74. The standard InChI is InChI=1S/C13H13ClN4OS/c14-8-3-4-9-11(17-20-16-9)12(8)18-6-5-10(13(18)19)15-7-1-2-7/h3-4,7,10,15H,1-2,5-6H2. The summed E-state index contributed by atoms with van der Waals surface area (Å²) in [6, 6.07) is 4.07. The summed E-state index contributed by atoms with van der Waals surface area (Å²) in [7, 11) is 0. The maximum atomic E-state index is 12.5. The van der Waals surface area contributed by atoms with Crippen LogP contribution in [0.15, 0.2) is 12.1 Å². The van der Waals surface area contributed by atoms with E-state index in [2.05, 4.69) is 14.1 Å². The Morgan fingerprint density at radius 2 is 2.15 bits per heavy atom. The highest BCUT2D eigenvalue weighted by atomic mass is 35.5. The molecule has 104 valence electrons. The Morgan fingerprint density at radius 1 is 1.30 bits per heavy atom. The van der Waals surface area contributed by atoms with E-state index in [1.54, 1.807) is 11.0 Å². The van der Waals surface area contributed by atoms with Gasteiger partial charge in [0.2, 0.25) is 5.91 Å².